The minimum Gasteiger partial charge on any atom is -0.0885 e. The third kappa shape index (κ3) is 3.75. The normalized spacial score (nSPS) is 29.9. The van der Waals surface area contributed by atoms with Gasteiger partial charge in [-0.3, -0.25) is 0 Å². The minimum atomic E-state index is 0.810. The van der Waals surface area contributed by atoms with Crippen LogP contribution >= 0.6 is 0 Å². The van der Waals surface area contributed by atoms with Crippen molar-refractivity contribution in [3.63, 3.8) is 0 Å². The fraction of sp³-hybridized carbons (Fsp3) is 0.667. The lowest BCUT2D eigenvalue weighted by molar-refractivity contribution is 0.587. The van der Waals surface area contributed by atoms with Crippen molar-refractivity contribution in [2.24, 2.45) is 5.92 Å². The van der Waals surface area contributed by atoms with Crippen molar-refractivity contribution in [2.75, 3.05) is 0 Å². The Morgan fingerprint density at radius 1 is 1.17 bits per heavy atom. The molecule has 1 atom stereocenters. The molecule has 0 heteroatoms. The Balaban J connectivity index is 2.40. The Hall–Kier alpha value is -0.520. The van der Waals surface area contributed by atoms with E-state index >= 15 is 0 Å². The fourth-order valence-electron chi connectivity index (χ4n) is 1.69. The number of hydrogen-bond donors (Lipinski definition) is 0. The summed E-state index contributed by atoms with van der Waals surface area (Å²) < 4.78 is 0. The Bertz CT molecular complexity index is 153. The van der Waals surface area contributed by atoms with Crippen molar-refractivity contribution in [1.82, 2.24) is 0 Å². The summed E-state index contributed by atoms with van der Waals surface area (Å²) in [6.07, 6.45) is 17.3. The maximum absolute atomic E-state index is 2.42. The van der Waals surface area contributed by atoms with Gasteiger partial charge in [-0.15, -0.1) is 0 Å². The monoisotopic (exact) mass is 164 g/mol. The summed E-state index contributed by atoms with van der Waals surface area (Å²) in [5, 5.41) is 0. The van der Waals surface area contributed by atoms with Crippen LogP contribution in [0.5, 0.6) is 0 Å². The van der Waals surface area contributed by atoms with Gasteiger partial charge < -0.3 is 0 Å². The molecule has 1 aliphatic carbocycles. The average Bonchev–Trinajstić information content (AvgIpc) is 2.19. The lowest BCUT2D eigenvalue weighted by Crippen LogP contribution is -1.93. The van der Waals surface area contributed by atoms with Crippen molar-refractivity contribution in [3.8, 4) is 0 Å². The highest BCUT2D eigenvalue weighted by Gasteiger charge is 2.01. The van der Waals surface area contributed by atoms with Gasteiger partial charge in [-0.2, -0.15) is 0 Å². The van der Waals surface area contributed by atoms with Crippen molar-refractivity contribution < 1.29 is 0 Å². The molecular weight excluding hydrogens is 144 g/mol. The molecule has 0 N–H and O–H groups in total. The standard InChI is InChI=1S/C12H20/c1-2-9-12-10-7-5-3-4-6-8-11-12/h5,7-8,11-12H,2-4,6,9-10H2,1H3/b7-5-,11-8-. The van der Waals surface area contributed by atoms with E-state index in [-0.39, 0.29) is 0 Å². The molecule has 0 spiro atoms. The molecule has 1 unspecified atom stereocenters. The van der Waals surface area contributed by atoms with E-state index in [1.165, 1.54) is 38.5 Å². The first-order valence-electron chi connectivity index (χ1n) is 5.25. The highest BCUT2D eigenvalue weighted by atomic mass is 14.1. The van der Waals surface area contributed by atoms with Gasteiger partial charge in [0.25, 0.3) is 0 Å². The van der Waals surface area contributed by atoms with Crippen LogP contribution in [-0.2, 0) is 0 Å². The van der Waals surface area contributed by atoms with Crippen LogP contribution in [0.2, 0.25) is 0 Å². The van der Waals surface area contributed by atoms with Gasteiger partial charge >= 0.3 is 0 Å². The number of rotatable bonds is 2. The molecule has 1 rings (SSSR count). The predicted molar refractivity (Wildman–Crippen MR) is 55.1 cm³/mol. The molecule has 0 saturated heterocycles. The highest BCUT2D eigenvalue weighted by molar-refractivity contribution is 4.96. The molecule has 12 heavy (non-hydrogen) atoms. The quantitative estimate of drug-likeness (QED) is 0.539. The molecule has 0 radical (unpaired) electrons. The summed E-state index contributed by atoms with van der Waals surface area (Å²) in [5.74, 6) is 0.810. The van der Waals surface area contributed by atoms with Crippen LogP contribution in [0.15, 0.2) is 24.3 Å². The van der Waals surface area contributed by atoms with Crippen LogP contribution in [0, 0.1) is 5.92 Å². The van der Waals surface area contributed by atoms with Crippen LogP contribution < -0.4 is 0 Å². The molecule has 0 nitrogen and oxygen atoms in total. The van der Waals surface area contributed by atoms with Crippen molar-refractivity contribution >= 4 is 0 Å². The summed E-state index contributed by atoms with van der Waals surface area (Å²) in [5.41, 5.74) is 0. The van der Waals surface area contributed by atoms with Crippen LogP contribution in [0.1, 0.15) is 45.4 Å². The van der Waals surface area contributed by atoms with E-state index in [9.17, 15) is 0 Å². The second kappa shape index (κ2) is 6.05. The zero-order valence-electron chi connectivity index (χ0n) is 8.13. The van der Waals surface area contributed by atoms with Crippen LogP contribution in [-0.4, -0.2) is 0 Å². The predicted octanol–water partition coefficient (Wildman–Crippen LogP) is 4.09. The third-order valence-electron chi connectivity index (χ3n) is 2.41. The molecule has 0 aliphatic heterocycles. The SMILES string of the molecule is CCCC1/C=C\CCC/C=C\C1. The molecule has 0 aromatic rings. The minimum absolute atomic E-state index is 0.810. The van der Waals surface area contributed by atoms with E-state index in [4.69, 9.17) is 0 Å². The van der Waals surface area contributed by atoms with E-state index < -0.39 is 0 Å². The number of hydrogen-bond acceptors (Lipinski definition) is 0. The van der Waals surface area contributed by atoms with Gasteiger partial charge in [0.15, 0.2) is 0 Å². The average molecular weight is 164 g/mol. The van der Waals surface area contributed by atoms with Crippen LogP contribution in [0.3, 0.4) is 0 Å². The molecular formula is C12H20. The van der Waals surface area contributed by atoms with Gasteiger partial charge in [0.2, 0.25) is 0 Å². The largest absolute Gasteiger partial charge is 0.0885 e. The lowest BCUT2D eigenvalue weighted by atomic mass is 9.99. The van der Waals surface area contributed by atoms with Crippen LogP contribution in [0.25, 0.3) is 0 Å². The third-order valence-corrected chi connectivity index (χ3v) is 2.41. The molecule has 0 heterocycles. The van der Waals surface area contributed by atoms with E-state index in [1.807, 2.05) is 0 Å². The lowest BCUT2D eigenvalue weighted by Gasteiger charge is -2.07. The fourth-order valence-corrected chi connectivity index (χ4v) is 1.69. The molecule has 0 amide bonds. The second-order valence-electron chi connectivity index (χ2n) is 3.61. The highest BCUT2D eigenvalue weighted by Crippen LogP contribution is 2.16. The molecule has 68 valence electrons. The summed E-state index contributed by atoms with van der Waals surface area (Å²) in [4.78, 5) is 0. The molecule has 0 fully saturated rings. The Morgan fingerprint density at radius 2 is 2.00 bits per heavy atom. The maximum atomic E-state index is 2.42. The van der Waals surface area contributed by atoms with E-state index in [2.05, 4.69) is 31.2 Å². The van der Waals surface area contributed by atoms with Gasteiger partial charge in [0.05, 0.1) is 0 Å². The summed E-state index contributed by atoms with van der Waals surface area (Å²) >= 11 is 0. The molecule has 0 saturated carbocycles. The van der Waals surface area contributed by atoms with Gasteiger partial charge in [-0.05, 0) is 38.0 Å². The van der Waals surface area contributed by atoms with Crippen molar-refractivity contribution in [2.45, 2.75) is 45.4 Å². The first-order valence-corrected chi connectivity index (χ1v) is 5.25. The Morgan fingerprint density at radius 3 is 2.83 bits per heavy atom. The maximum Gasteiger partial charge on any atom is -0.0199 e. The molecule has 0 bridgehead atoms. The molecule has 0 aromatic carbocycles. The molecule has 0 aromatic heterocycles. The molecule has 1 aliphatic rings. The van der Waals surface area contributed by atoms with E-state index in [0.717, 1.165) is 5.92 Å². The zero-order chi connectivity index (χ0) is 8.65. The van der Waals surface area contributed by atoms with Crippen molar-refractivity contribution in [1.29, 1.82) is 0 Å². The van der Waals surface area contributed by atoms with Gasteiger partial charge in [-0.1, -0.05) is 37.6 Å². The Labute approximate surface area is 76.4 Å². The summed E-state index contributed by atoms with van der Waals surface area (Å²) in [6, 6.07) is 0. The number of allylic oxidation sites excluding steroid dienone is 4. The van der Waals surface area contributed by atoms with Crippen molar-refractivity contribution in [3.05, 3.63) is 24.3 Å². The Kier molecular flexibility index (Phi) is 4.82. The first kappa shape index (κ1) is 9.57. The first-order chi connectivity index (χ1) is 5.93. The van der Waals surface area contributed by atoms with Gasteiger partial charge in [0.1, 0.15) is 0 Å². The summed E-state index contributed by atoms with van der Waals surface area (Å²) in [6.45, 7) is 2.27. The second-order valence-corrected chi connectivity index (χ2v) is 3.61. The van der Waals surface area contributed by atoms with Gasteiger partial charge in [-0.25, -0.2) is 0 Å². The van der Waals surface area contributed by atoms with Gasteiger partial charge in [0, 0.05) is 0 Å². The smallest absolute Gasteiger partial charge is 0.0199 e. The van der Waals surface area contributed by atoms with Crippen LogP contribution in [0.4, 0.5) is 0 Å². The van der Waals surface area contributed by atoms with E-state index in [0.29, 0.717) is 0 Å². The van der Waals surface area contributed by atoms with E-state index in [1.54, 1.807) is 0 Å². The topological polar surface area (TPSA) is 0 Å². The summed E-state index contributed by atoms with van der Waals surface area (Å²) in [7, 11) is 0. The zero-order valence-corrected chi connectivity index (χ0v) is 8.13.